The fourth-order valence-electron chi connectivity index (χ4n) is 3.39. The van der Waals surface area contributed by atoms with Gasteiger partial charge in [-0.25, -0.2) is 9.97 Å². The molecule has 2 heterocycles. The molecule has 0 bridgehead atoms. The standard InChI is InChI=1S/2C15H16N2O.4C2H6.CH5BO2/c2*1-15(2,12-8-4-3-5-9-12)14(18)17-13-10-6-7-11-16-13;4*1-2;1-2(3)4/h2*3-11H,1-2H3,(H,16,17,18);4*1-2H3;3-4H,1H3. The van der Waals surface area contributed by atoms with E-state index in [1.54, 1.807) is 24.5 Å². The first-order chi connectivity index (χ1) is 22.9. The first kappa shape index (κ1) is 48.1. The molecule has 0 unspecified atom stereocenters. The number of hydrogen-bond acceptors (Lipinski definition) is 6. The maximum Gasteiger partial charge on any atom is 0.448 e. The summed E-state index contributed by atoms with van der Waals surface area (Å²) in [4.78, 5) is 32.8. The van der Waals surface area contributed by atoms with Crippen molar-refractivity contribution in [3.63, 3.8) is 0 Å². The molecule has 0 atom stereocenters. The Labute approximate surface area is 291 Å². The first-order valence-corrected chi connectivity index (χ1v) is 16.9. The molecule has 0 saturated heterocycles. The molecule has 0 aliphatic heterocycles. The Balaban J connectivity index is -0.000000640. The van der Waals surface area contributed by atoms with Crippen LogP contribution in [0.1, 0.15) is 94.2 Å². The van der Waals surface area contributed by atoms with E-state index in [1.807, 2.05) is 168 Å². The number of benzene rings is 2. The molecule has 0 aliphatic carbocycles. The van der Waals surface area contributed by atoms with Gasteiger partial charge in [-0.15, -0.1) is 0 Å². The molecule has 8 nitrogen and oxygen atoms in total. The van der Waals surface area contributed by atoms with Gasteiger partial charge in [0.25, 0.3) is 0 Å². The number of rotatable bonds is 6. The molecule has 0 fully saturated rings. The highest BCUT2D eigenvalue weighted by Crippen LogP contribution is 2.25. The second-order valence-electron chi connectivity index (χ2n) is 9.95. The Hall–Kier alpha value is -4.34. The Morgan fingerprint density at radius 1 is 0.521 bits per heavy atom. The van der Waals surface area contributed by atoms with Gasteiger partial charge < -0.3 is 20.7 Å². The van der Waals surface area contributed by atoms with Crippen molar-refractivity contribution in [3.05, 3.63) is 121 Å². The summed E-state index contributed by atoms with van der Waals surface area (Å²) in [5, 5.41) is 20.9. The molecular formula is C39H61BN4O4. The average molecular weight is 661 g/mol. The van der Waals surface area contributed by atoms with Crippen molar-refractivity contribution in [1.29, 1.82) is 0 Å². The van der Waals surface area contributed by atoms with Crippen molar-refractivity contribution >= 4 is 30.6 Å². The van der Waals surface area contributed by atoms with Crippen molar-refractivity contribution in [1.82, 2.24) is 9.97 Å². The third-order valence-electron chi connectivity index (χ3n) is 5.94. The van der Waals surface area contributed by atoms with Crippen LogP contribution in [0.2, 0.25) is 6.82 Å². The van der Waals surface area contributed by atoms with Gasteiger partial charge in [-0.2, -0.15) is 0 Å². The van der Waals surface area contributed by atoms with Crippen molar-refractivity contribution in [2.75, 3.05) is 10.6 Å². The topological polar surface area (TPSA) is 124 Å². The third kappa shape index (κ3) is 19.4. The lowest BCUT2D eigenvalue weighted by atomic mass is 9.84. The summed E-state index contributed by atoms with van der Waals surface area (Å²) >= 11 is 0. The fourth-order valence-corrected chi connectivity index (χ4v) is 3.39. The Morgan fingerprint density at radius 2 is 0.771 bits per heavy atom. The number of amides is 2. The highest BCUT2D eigenvalue weighted by atomic mass is 16.4. The van der Waals surface area contributed by atoms with Gasteiger partial charge in [0.05, 0.1) is 10.8 Å². The highest BCUT2D eigenvalue weighted by Gasteiger charge is 2.30. The summed E-state index contributed by atoms with van der Waals surface area (Å²) in [6.07, 6.45) is 3.32. The summed E-state index contributed by atoms with van der Waals surface area (Å²) in [7, 11) is -1.17. The minimum absolute atomic E-state index is 0.0626. The van der Waals surface area contributed by atoms with E-state index in [9.17, 15) is 9.59 Å². The molecule has 0 aliphatic rings. The fraction of sp³-hybridized carbons (Fsp3) is 0.385. The number of nitrogens with zero attached hydrogens (tertiary/aromatic N) is 2. The van der Waals surface area contributed by atoms with Crippen LogP contribution in [0.5, 0.6) is 0 Å². The predicted octanol–water partition coefficient (Wildman–Crippen LogP) is 9.19. The first-order valence-electron chi connectivity index (χ1n) is 16.9. The lowest BCUT2D eigenvalue weighted by Gasteiger charge is -2.23. The van der Waals surface area contributed by atoms with Crippen LogP contribution in [0, 0.1) is 0 Å². The number of anilines is 2. The zero-order chi connectivity index (χ0) is 37.6. The SMILES string of the molecule is CB(O)O.CC.CC.CC.CC.CC(C)(C(=O)Nc1ccccn1)c1ccccc1.CC(C)(C(=O)Nc1ccccn1)c1ccccc1. The number of nitrogens with one attached hydrogen (secondary N) is 2. The molecule has 2 aromatic heterocycles. The maximum absolute atomic E-state index is 12.3. The second-order valence-corrected chi connectivity index (χ2v) is 9.95. The molecule has 0 saturated carbocycles. The van der Waals surface area contributed by atoms with Crippen LogP contribution in [0.3, 0.4) is 0 Å². The van der Waals surface area contributed by atoms with Crippen molar-refractivity contribution < 1.29 is 19.6 Å². The Morgan fingerprint density at radius 3 is 1.00 bits per heavy atom. The lowest BCUT2D eigenvalue weighted by Crippen LogP contribution is -2.34. The largest absolute Gasteiger partial charge is 0.448 e. The number of carbonyl (C=O) groups is 2. The Kier molecular flexibility index (Phi) is 28.9. The Bertz CT molecular complexity index is 1200. The van der Waals surface area contributed by atoms with Crippen LogP contribution in [-0.2, 0) is 20.4 Å². The molecule has 2 aromatic carbocycles. The number of pyridine rings is 2. The van der Waals surface area contributed by atoms with Crippen molar-refractivity contribution in [3.8, 4) is 0 Å². The van der Waals surface area contributed by atoms with Crippen molar-refractivity contribution in [2.45, 2.75) is 101 Å². The van der Waals surface area contributed by atoms with Crippen LogP contribution < -0.4 is 10.6 Å². The molecule has 264 valence electrons. The number of aromatic nitrogens is 2. The number of carbonyl (C=O) groups excluding carboxylic acids is 2. The minimum atomic E-state index is -1.17. The number of hydrogen-bond donors (Lipinski definition) is 4. The monoisotopic (exact) mass is 660 g/mol. The molecule has 0 spiro atoms. The molecule has 4 aromatic rings. The van der Waals surface area contributed by atoms with Crippen LogP contribution >= 0.6 is 0 Å². The predicted molar refractivity (Wildman–Crippen MR) is 206 cm³/mol. The van der Waals surface area contributed by atoms with E-state index in [4.69, 9.17) is 10.0 Å². The van der Waals surface area contributed by atoms with E-state index in [0.717, 1.165) is 11.1 Å². The van der Waals surface area contributed by atoms with E-state index in [-0.39, 0.29) is 11.8 Å². The van der Waals surface area contributed by atoms with E-state index < -0.39 is 17.9 Å². The van der Waals surface area contributed by atoms with Gasteiger partial charge >= 0.3 is 7.12 Å². The second kappa shape index (κ2) is 28.9. The van der Waals surface area contributed by atoms with Crippen molar-refractivity contribution in [2.24, 2.45) is 0 Å². The third-order valence-corrected chi connectivity index (χ3v) is 5.94. The molecule has 4 N–H and O–H groups in total. The van der Waals surface area contributed by atoms with Crippen LogP contribution in [0.4, 0.5) is 11.6 Å². The molecule has 2 amide bonds. The zero-order valence-corrected chi connectivity index (χ0v) is 31.6. The van der Waals surface area contributed by atoms with E-state index >= 15 is 0 Å². The van der Waals surface area contributed by atoms with Gasteiger partial charge in [-0.3, -0.25) is 9.59 Å². The van der Waals surface area contributed by atoms with Gasteiger partial charge in [-0.05, 0) is 69.9 Å². The summed E-state index contributed by atoms with van der Waals surface area (Å²) in [6.45, 7) is 24.9. The van der Waals surface area contributed by atoms with Crippen LogP contribution in [0.15, 0.2) is 109 Å². The van der Waals surface area contributed by atoms with Gasteiger partial charge in [0.2, 0.25) is 11.8 Å². The molecule has 0 radical (unpaired) electrons. The zero-order valence-electron chi connectivity index (χ0n) is 31.6. The van der Waals surface area contributed by atoms with Gasteiger partial charge in [0.1, 0.15) is 11.6 Å². The summed E-state index contributed by atoms with van der Waals surface area (Å²) in [6, 6.07) is 30.3. The summed E-state index contributed by atoms with van der Waals surface area (Å²) in [5.41, 5.74) is 0.800. The normalized spacial score (nSPS) is 9.31. The van der Waals surface area contributed by atoms with Gasteiger partial charge in [0, 0.05) is 12.4 Å². The summed E-state index contributed by atoms with van der Waals surface area (Å²) < 4.78 is 0. The van der Waals surface area contributed by atoms with Gasteiger partial charge in [-0.1, -0.05) is 128 Å². The van der Waals surface area contributed by atoms with Crippen LogP contribution in [-0.4, -0.2) is 38.9 Å². The van der Waals surface area contributed by atoms with E-state index in [0.29, 0.717) is 11.6 Å². The van der Waals surface area contributed by atoms with Crippen LogP contribution in [0.25, 0.3) is 0 Å². The smallest absolute Gasteiger partial charge is 0.427 e. The minimum Gasteiger partial charge on any atom is -0.427 e. The molecule has 48 heavy (non-hydrogen) atoms. The summed E-state index contributed by atoms with van der Waals surface area (Å²) in [5.74, 6) is 1.03. The van der Waals surface area contributed by atoms with E-state index in [2.05, 4.69) is 20.6 Å². The van der Waals surface area contributed by atoms with E-state index in [1.165, 1.54) is 6.82 Å². The van der Waals surface area contributed by atoms with Gasteiger partial charge in [0.15, 0.2) is 0 Å². The maximum atomic E-state index is 12.3. The molecular weight excluding hydrogens is 599 g/mol. The quantitative estimate of drug-likeness (QED) is 0.153. The highest BCUT2D eigenvalue weighted by molar-refractivity contribution is 6.38. The average Bonchev–Trinajstić information content (AvgIpc) is 3.13. The lowest BCUT2D eigenvalue weighted by molar-refractivity contribution is -0.121. The molecule has 4 rings (SSSR count). The molecule has 9 heteroatoms.